The van der Waals surface area contributed by atoms with Crippen LogP contribution < -0.4 is 22.5 Å². The Morgan fingerprint density at radius 2 is 1.10 bits per heavy atom. The van der Waals surface area contributed by atoms with Gasteiger partial charge in [-0.15, -0.1) is 0 Å². The van der Waals surface area contributed by atoms with Crippen molar-refractivity contribution < 1.29 is 46.8 Å². The summed E-state index contributed by atoms with van der Waals surface area (Å²) in [5.74, 6) is -1.85. The number of fused-ring (bicyclic) bond motifs is 2. The van der Waals surface area contributed by atoms with Gasteiger partial charge in [-0.1, -0.05) is 42.8 Å². The van der Waals surface area contributed by atoms with E-state index in [9.17, 15) is 40.3 Å². The molecule has 8 aromatic rings. The first kappa shape index (κ1) is 55.4. The number of halogens is 9. The molecule has 72 heavy (non-hydrogen) atoms. The largest absolute Gasteiger partial charge is 0.478 e. The smallest absolute Gasteiger partial charge is 0.416 e. The van der Waals surface area contributed by atoms with Crippen LogP contribution in [-0.2, 0) is 38.3 Å². The number of carboxylic acid groups (broad SMARTS) is 1. The molecule has 0 saturated carbocycles. The average Bonchev–Trinajstić information content (AvgIpc) is 3.31. The summed E-state index contributed by atoms with van der Waals surface area (Å²) in [6, 6.07) is 23.0. The molecule has 0 unspecified atom stereocenters. The first-order valence-electron chi connectivity index (χ1n) is 21.4. The number of nitrogens with one attached hydrogen (secondary N) is 1. The first-order valence-corrected chi connectivity index (χ1v) is 21.5. The van der Waals surface area contributed by atoms with Crippen molar-refractivity contribution in [1.29, 1.82) is 0 Å². The average molecular weight is 1040 g/mol. The van der Waals surface area contributed by atoms with E-state index in [0.29, 0.717) is 34.3 Å². The Bertz CT molecular complexity index is 3220. The van der Waals surface area contributed by atoms with Gasteiger partial charge in [-0.3, -0.25) is 29.1 Å². The van der Waals surface area contributed by atoms with Gasteiger partial charge in [0.1, 0.15) is 11.6 Å². The first-order chi connectivity index (χ1) is 34.0. The summed E-state index contributed by atoms with van der Waals surface area (Å²) < 4.78 is 93.1. The number of pyridine rings is 6. The predicted molar refractivity (Wildman–Crippen MR) is 264 cm³/mol. The van der Waals surface area contributed by atoms with E-state index >= 15 is 0 Å². The van der Waals surface area contributed by atoms with Crippen LogP contribution in [0.1, 0.15) is 85.7 Å². The lowest BCUT2D eigenvalue weighted by molar-refractivity contribution is -0.139. The number of nitrogen functional groups attached to an aromatic ring is 2. The molecular weight excluding hydrogens is 993 g/mol. The summed E-state index contributed by atoms with van der Waals surface area (Å²) in [5.41, 5.74) is 19.9. The number of benzene rings is 2. The van der Waals surface area contributed by atoms with Crippen molar-refractivity contribution in [1.82, 2.24) is 35.2 Å². The lowest BCUT2D eigenvalue weighted by Crippen LogP contribution is -2.26. The maximum atomic E-state index is 13.4. The maximum Gasteiger partial charge on any atom is 0.416 e. The van der Waals surface area contributed by atoms with E-state index in [0.717, 1.165) is 45.1 Å². The summed E-state index contributed by atoms with van der Waals surface area (Å²) in [7, 11) is -1.00. The second-order valence-corrected chi connectivity index (χ2v) is 16.2. The molecule has 0 aliphatic carbocycles. The van der Waals surface area contributed by atoms with Gasteiger partial charge in [-0.05, 0) is 103 Å². The number of nitrogens with two attached hydrogens (primary N) is 3. The molecule has 8 rings (SSSR count). The molecule has 0 aliphatic rings. The minimum absolute atomic E-state index is 0. The third kappa shape index (κ3) is 15.5. The van der Waals surface area contributed by atoms with E-state index in [1.165, 1.54) is 38.4 Å². The second kappa shape index (κ2) is 25.0. The number of hydrogen-bond acceptors (Lipinski definition) is 11. The Morgan fingerprint density at radius 3 is 1.54 bits per heavy atom. The Morgan fingerprint density at radius 1 is 0.667 bits per heavy atom. The van der Waals surface area contributed by atoms with E-state index in [1.807, 2.05) is 48.5 Å². The Labute approximate surface area is 420 Å². The van der Waals surface area contributed by atoms with Crippen LogP contribution in [0.15, 0.2) is 110 Å². The number of rotatable bonds is 9. The zero-order chi connectivity index (χ0) is 52.9. The summed E-state index contributed by atoms with van der Waals surface area (Å²) in [4.78, 5) is 48.3. The number of carboxylic acids is 1. The van der Waals surface area contributed by atoms with Gasteiger partial charge < -0.3 is 27.6 Å². The summed E-state index contributed by atoms with van der Waals surface area (Å²) in [6.07, 6.45) is -1.86. The number of carbonyl (C=O) groups excluding carboxylic acids is 1. The fourth-order valence-electron chi connectivity index (χ4n) is 7.07. The van der Waals surface area contributed by atoms with Gasteiger partial charge in [0.2, 0.25) is 0 Å². The number of nitrogens with zero attached hydrogens (tertiary/aromatic N) is 6. The maximum absolute atomic E-state index is 13.4. The highest BCUT2D eigenvalue weighted by atomic mass is 35.5. The van der Waals surface area contributed by atoms with Crippen molar-refractivity contribution in [3.05, 3.63) is 187 Å². The van der Waals surface area contributed by atoms with Crippen LogP contribution in [0.5, 0.6) is 0 Å². The van der Waals surface area contributed by atoms with Gasteiger partial charge in [-0.2, -0.15) is 26.3 Å². The van der Waals surface area contributed by atoms with Crippen LogP contribution in [0.2, 0.25) is 10.0 Å². The Hall–Kier alpha value is -7.55. The molecule has 2 aromatic carbocycles. The molecule has 0 radical (unpaired) electrons. The van der Waals surface area contributed by atoms with Crippen molar-refractivity contribution in [2.24, 2.45) is 5.73 Å². The minimum atomic E-state index is -4.62. The van der Waals surface area contributed by atoms with Crippen LogP contribution >= 0.6 is 23.2 Å². The minimum Gasteiger partial charge on any atom is -0.478 e. The molecule has 0 spiro atoms. The number of amides is 1. The topological polar surface area (TPSA) is 222 Å². The van der Waals surface area contributed by atoms with Gasteiger partial charge in [0.25, 0.3) is 5.91 Å². The molecule has 22 heteroatoms. The van der Waals surface area contributed by atoms with Crippen molar-refractivity contribution in [3.63, 3.8) is 0 Å². The van der Waals surface area contributed by atoms with Crippen molar-refractivity contribution >= 4 is 68.5 Å². The number of aromatic nitrogens is 6. The molecule has 0 aliphatic heterocycles. The SMILES string of the molecule is C.Cc1nc(N)cc(C(F)(F)F)c1CN.Cc1nc(N)cc(C(F)(F)F)c1CNC(=O)c1ccnc(Cc2ccc3ncc(Cl)cc3c2)c1.O=C(O)c1ccnc(Cc2ccc3ncc(Cl)cc3c2)c1.[2H]CF. The van der Waals surface area contributed by atoms with Gasteiger partial charge in [0, 0.05) is 95.4 Å². The molecular formula is C50H47Cl2F7N10O3. The number of aryl methyl sites for hydroxylation is 2. The summed E-state index contributed by atoms with van der Waals surface area (Å²) >= 11 is 12.0. The predicted octanol–water partition coefficient (Wildman–Crippen LogP) is 11.4. The molecule has 8 N–H and O–H groups in total. The Kier molecular flexibility index (Phi) is 19.2. The number of hydrogen-bond donors (Lipinski definition) is 5. The lowest BCUT2D eigenvalue weighted by atomic mass is 10.0. The monoisotopic (exact) mass is 1040 g/mol. The van der Waals surface area contributed by atoms with Crippen molar-refractivity contribution in [2.75, 3.05) is 18.6 Å². The normalized spacial score (nSPS) is 11.1. The van der Waals surface area contributed by atoms with Gasteiger partial charge in [-0.25, -0.2) is 14.8 Å². The van der Waals surface area contributed by atoms with Crippen LogP contribution in [-0.4, -0.2) is 54.0 Å². The third-order valence-electron chi connectivity index (χ3n) is 10.3. The lowest BCUT2D eigenvalue weighted by Gasteiger charge is -2.16. The fraction of sp³-hybridized carbons (Fsp3) is 0.200. The molecule has 0 atom stereocenters. The molecule has 6 aromatic heterocycles. The Balaban J connectivity index is 0.000000252. The molecule has 13 nitrogen and oxygen atoms in total. The van der Waals surface area contributed by atoms with Crippen LogP contribution in [0.4, 0.5) is 42.4 Å². The standard InChI is InChI=1S/C24H19ClF3N5O.C16H11ClN2O2.C8H10F3N3.CH3F.CH4/c1-13-19(20(24(26,27)28)10-22(29)33-13)12-32-23(34)15-4-5-30-18(9-15)7-14-2-3-21-16(6-14)8-17(25)11-31-21;17-13-7-12-5-10(1-2-15(12)19-9-13)6-14-8-11(16(20)21)3-4-18-14;1-4-5(3-12)6(8(9,10)11)2-7(13)14-4;1-2;/h2-6,8-11H,7,12H2,1H3,(H2,29,33)(H,32,34);1-5,7-9H,6H2,(H,20,21);2H,3,12H2,1H3,(H2,13,14);1H3;1H4/i;;;1D;. The third-order valence-corrected chi connectivity index (χ3v) is 10.7. The van der Waals surface area contributed by atoms with E-state index in [1.54, 1.807) is 24.5 Å². The molecule has 0 fully saturated rings. The zero-order valence-electron chi connectivity index (χ0n) is 38.5. The number of alkyl halides is 7. The second-order valence-electron chi connectivity index (χ2n) is 15.3. The highest BCUT2D eigenvalue weighted by molar-refractivity contribution is 6.31. The van der Waals surface area contributed by atoms with Gasteiger partial charge >= 0.3 is 18.3 Å². The summed E-state index contributed by atoms with van der Waals surface area (Å²) in [5, 5.41) is 14.5. The highest BCUT2D eigenvalue weighted by Crippen LogP contribution is 2.35. The van der Waals surface area contributed by atoms with E-state index in [2.05, 4.69) is 35.2 Å². The number of anilines is 2. The fourth-order valence-corrected chi connectivity index (χ4v) is 7.41. The van der Waals surface area contributed by atoms with Crippen LogP contribution in [0, 0.1) is 13.8 Å². The number of carbonyl (C=O) groups is 2. The molecule has 1 amide bonds. The van der Waals surface area contributed by atoms with Gasteiger partial charge in [0.15, 0.2) is 0 Å². The highest BCUT2D eigenvalue weighted by Gasteiger charge is 2.35. The van der Waals surface area contributed by atoms with E-state index in [-0.39, 0.29) is 65.8 Å². The van der Waals surface area contributed by atoms with Crippen molar-refractivity contribution in [2.45, 2.75) is 59.6 Å². The van der Waals surface area contributed by atoms with Gasteiger partial charge in [0.05, 0.1) is 46.3 Å². The zero-order valence-corrected chi connectivity index (χ0v) is 39.0. The molecule has 0 saturated heterocycles. The van der Waals surface area contributed by atoms with E-state index in [4.69, 9.17) is 46.9 Å². The van der Waals surface area contributed by atoms with Crippen LogP contribution in [0.25, 0.3) is 21.8 Å². The number of aromatic carboxylic acids is 1. The molecule has 378 valence electrons. The van der Waals surface area contributed by atoms with E-state index < -0.39 is 42.5 Å². The quantitative estimate of drug-likeness (QED) is 0.0852. The molecule has 6 heterocycles. The summed E-state index contributed by atoms with van der Waals surface area (Å²) in [6.45, 7) is 2.33. The van der Waals surface area contributed by atoms with Crippen molar-refractivity contribution in [3.8, 4) is 0 Å². The molecule has 0 bridgehead atoms. The van der Waals surface area contributed by atoms with Crippen LogP contribution in [0.3, 0.4) is 0 Å².